The molecule has 9 aromatic rings. The summed E-state index contributed by atoms with van der Waals surface area (Å²) in [6, 6.07) is 65.0. The lowest BCUT2D eigenvalue weighted by Crippen LogP contribution is -1.87. The van der Waals surface area contributed by atoms with Gasteiger partial charge >= 0.3 is 0 Å². The van der Waals surface area contributed by atoms with Gasteiger partial charge in [-0.1, -0.05) is 146 Å². The Morgan fingerprint density at radius 1 is 0.333 bits per heavy atom. The first-order chi connectivity index (χ1) is 25.2. The third-order valence-electron chi connectivity index (χ3n) is 9.40. The minimum absolute atomic E-state index is 1.01. The summed E-state index contributed by atoms with van der Waals surface area (Å²) in [6.07, 6.45) is 3.73. The van der Waals surface area contributed by atoms with E-state index >= 15 is 0 Å². The fourth-order valence-electron chi connectivity index (χ4n) is 6.76. The van der Waals surface area contributed by atoms with Crippen molar-refractivity contribution in [1.82, 2.24) is 9.97 Å². The van der Waals surface area contributed by atoms with Crippen molar-refractivity contribution >= 4 is 21.6 Å². The standard InChI is InChI=1S/C48H32N2S/c1-3-11-33(12-4-1)37-15-7-17-39(27-37)35-22-24-36(25-23-35)48-50-47-45(42-20-9-18-40(29-42)43-21-10-26-49-32-43)30-44(31-46(47)51-48)41-19-8-16-38(28-41)34-13-5-2-6-14-34/h1-32H. The highest BCUT2D eigenvalue weighted by atomic mass is 32.1. The van der Waals surface area contributed by atoms with Crippen LogP contribution in [0.3, 0.4) is 0 Å². The van der Waals surface area contributed by atoms with Gasteiger partial charge in [0.05, 0.1) is 10.2 Å². The number of nitrogens with zero attached hydrogens (tertiary/aromatic N) is 2. The van der Waals surface area contributed by atoms with Gasteiger partial charge in [0, 0.05) is 29.1 Å². The normalized spacial score (nSPS) is 11.1. The summed E-state index contributed by atoms with van der Waals surface area (Å²) in [6.45, 7) is 0. The summed E-state index contributed by atoms with van der Waals surface area (Å²) in [7, 11) is 0. The summed E-state index contributed by atoms with van der Waals surface area (Å²) >= 11 is 1.75. The smallest absolute Gasteiger partial charge is 0.124 e. The van der Waals surface area contributed by atoms with Crippen LogP contribution < -0.4 is 0 Å². The highest BCUT2D eigenvalue weighted by Crippen LogP contribution is 2.41. The molecule has 0 unspecified atom stereocenters. The molecule has 2 nitrogen and oxygen atoms in total. The van der Waals surface area contributed by atoms with E-state index in [1.54, 1.807) is 11.3 Å². The van der Waals surface area contributed by atoms with E-state index in [0.29, 0.717) is 0 Å². The van der Waals surface area contributed by atoms with Gasteiger partial charge in [0.2, 0.25) is 0 Å². The average molecular weight is 669 g/mol. The number of hydrogen-bond acceptors (Lipinski definition) is 3. The lowest BCUT2D eigenvalue weighted by molar-refractivity contribution is 1.33. The molecule has 240 valence electrons. The molecule has 0 aliphatic carbocycles. The number of benzene rings is 7. The lowest BCUT2D eigenvalue weighted by atomic mass is 9.94. The zero-order chi connectivity index (χ0) is 34.0. The van der Waals surface area contributed by atoms with Gasteiger partial charge < -0.3 is 0 Å². The molecule has 0 N–H and O–H groups in total. The van der Waals surface area contributed by atoms with Crippen LogP contribution in [0.5, 0.6) is 0 Å². The van der Waals surface area contributed by atoms with Crippen molar-refractivity contribution in [3.63, 3.8) is 0 Å². The quantitative estimate of drug-likeness (QED) is 0.169. The molecule has 7 aromatic carbocycles. The number of fused-ring (bicyclic) bond motifs is 1. The van der Waals surface area contributed by atoms with Gasteiger partial charge in [0.25, 0.3) is 0 Å². The molecule has 0 fully saturated rings. The first-order valence-corrected chi connectivity index (χ1v) is 17.9. The van der Waals surface area contributed by atoms with Crippen LogP contribution in [0, 0.1) is 0 Å². The van der Waals surface area contributed by atoms with Gasteiger partial charge in [-0.3, -0.25) is 4.98 Å². The minimum Gasteiger partial charge on any atom is -0.264 e. The summed E-state index contributed by atoms with van der Waals surface area (Å²) in [4.78, 5) is 9.69. The second kappa shape index (κ2) is 13.5. The van der Waals surface area contributed by atoms with Crippen LogP contribution in [-0.2, 0) is 0 Å². The van der Waals surface area contributed by atoms with E-state index in [-0.39, 0.29) is 0 Å². The van der Waals surface area contributed by atoms with Crippen LogP contribution in [-0.4, -0.2) is 9.97 Å². The SMILES string of the molecule is c1ccc(-c2cccc(-c3ccc(-c4nc5c(-c6cccc(-c7cccnc7)c6)cc(-c6cccc(-c7ccccc7)c6)cc5s4)cc3)c2)cc1. The molecule has 0 saturated heterocycles. The average Bonchev–Trinajstić information content (AvgIpc) is 3.66. The summed E-state index contributed by atoms with van der Waals surface area (Å²) in [5.41, 5.74) is 16.2. The van der Waals surface area contributed by atoms with Crippen molar-refractivity contribution in [3.05, 3.63) is 194 Å². The molecule has 0 saturated carbocycles. The Balaban J connectivity index is 1.14. The highest BCUT2D eigenvalue weighted by Gasteiger charge is 2.16. The molecular weight excluding hydrogens is 637 g/mol. The molecule has 2 aromatic heterocycles. The molecule has 0 bridgehead atoms. The van der Waals surface area contributed by atoms with Crippen molar-refractivity contribution in [1.29, 1.82) is 0 Å². The summed E-state index contributed by atoms with van der Waals surface area (Å²) in [5.74, 6) is 0. The van der Waals surface area contributed by atoms with E-state index in [1.165, 1.54) is 44.5 Å². The fourth-order valence-corrected chi connectivity index (χ4v) is 7.80. The van der Waals surface area contributed by atoms with E-state index in [2.05, 4.69) is 181 Å². The fraction of sp³-hybridized carbons (Fsp3) is 0. The highest BCUT2D eigenvalue weighted by molar-refractivity contribution is 7.21. The molecule has 0 aliphatic heterocycles. The third-order valence-corrected chi connectivity index (χ3v) is 10.5. The van der Waals surface area contributed by atoms with E-state index in [1.807, 2.05) is 18.5 Å². The maximum absolute atomic E-state index is 5.32. The molecule has 51 heavy (non-hydrogen) atoms. The maximum atomic E-state index is 5.32. The van der Waals surface area contributed by atoms with Crippen LogP contribution in [0.15, 0.2) is 194 Å². The van der Waals surface area contributed by atoms with Crippen molar-refractivity contribution < 1.29 is 0 Å². The Bertz CT molecular complexity index is 2610. The minimum atomic E-state index is 1.01. The molecule has 2 heterocycles. The molecular formula is C48H32N2S. The van der Waals surface area contributed by atoms with Crippen LogP contribution in [0.1, 0.15) is 0 Å². The largest absolute Gasteiger partial charge is 0.264 e. The predicted molar refractivity (Wildman–Crippen MR) is 215 cm³/mol. The molecule has 0 atom stereocenters. The van der Waals surface area contributed by atoms with Gasteiger partial charge in [-0.2, -0.15) is 0 Å². The van der Waals surface area contributed by atoms with Gasteiger partial charge in [-0.05, 0) is 92.0 Å². The summed E-state index contributed by atoms with van der Waals surface area (Å²) in [5, 5.41) is 1.01. The zero-order valence-electron chi connectivity index (χ0n) is 27.8. The van der Waals surface area contributed by atoms with Gasteiger partial charge in [0.15, 0.2) is 0 Å². The summed E-state index contributed by atoms with van der Waals surface area (Å²) < 4.78 is 1.16. The van der Waals surface area contributed by atoms with E-state index in [9.17, 15) is 0 Å². The molecule has 3 heteroatoms. The van der Waals surface area contributed by atoms with Crippen molar-refractivity contribution in [3.8, 4) is 77.3 Å². The number of aromatic nitrogens is 2. The van der Waals surface area contributed by atoms with Crippen LogP contribution in [0.4, 0.5) is 0 Å². The molecule has 0 aliphatic rings. The molecule has 0 amide bonds. The molecule has 0 spiro atoms. The first kappa shape index (κ1) is 30.6. The molecule has 0 radical (unpaired) electrons. The monoisotopic (exact) mass is 668 g/mol. The van der Waals surface area contributed by atoms with Crippen molar-refractivity contribution in [2.24, 2.45) is 0 Å². The number of hydrogen-bond donors (Lipinski definition) is 0. The Morgan fingerprint density at radius 3 is 1.39 bits per heavy atom. The number of thiazole rings is 1. The van der Waals surface area contributed by atoms with Crippen LogP contribution in [0.25, 0.3) is 87.5 Å². The van der Waals surface area contributed by atoms with Gasteiger partial charge in [-0.25, -0.2) is 4.98 Å². The second-order valence-electron chi connectivity index (χ2n) is 12.7. The topological polar surface area (TPSA) is 25.8 Å². The first-order valence-electron chi connectivity index (χ1n) is 17.1. The van der Waals surface area contributed by atoms with E-state index < -0.39 is 0 Å². The van der Waals surface area contributed by atoms with Crippen LogP contribution in [0.2, 0.25) is 0 Å². The van der Waals surface area contributed by atoms with Gasteiger partial charge in [0.1, 0.15) is 5.01 Å². The van der Waals surface area contributed by atoms with E-state index in [4.69, 9.17) is 4.98 Å². The van der Waals surface area contributed by atoms with Crippen molar-refractivity contribution in [2.45, 2.75) is 0 Å². The Kier molecular flexibility index (Phi) is 8.09. The Hall–Kier alpha value is -6.42. The van der Waals surface area contributed by atoms with Gasteiger partial charge in [-0.15, -0.1) is 11.3 Å². The zero-order valence-corrected chi connectivity index (χ0v) is 28.6. The number of rotatable bonds is 7. The Labute approximate surface area is 302 Å². The van der Waals surface area contributed by atoms with Crippen molar-refractivity contribution in [2.75, 3.05) is 0 Å². The maximum Gasteiger partial charge on any atom is 0.124 e. The van der Waals surface area contributed by atoms with E-state index in [0.717, 1.165) is 43.0 Å². The Morgan fingerprint density at radius 2 is 0.804 bits per heavy atom. The molecule has 9 rings (SSSR count). The number of pyridine rings is 1. The second-order valence-corrected chi connectivity index (χ2v) is 13.7. The third kappa shape index (κ3) is 6.27. The lowest BCUT2D eigenvalue weighted by Gasteiger charge is -2.11. The van der Waals surface area contributed by atoms with Crippen LogP contribution >= 0.6 is 11.3 Å². The predicted octanol–water partition coefficient (Wildman–Crippen LogP) is 13.4.